The number of nitrogens with one attached hydrogen (secondary N) is 1. The molecule has 3 nitrogen and oxygen atoms in total. The zero-order valence-corrected chi connectivity index (χ0v) is 10.6. The van der Waals surface area contributed by atoms with Gasteiger partial charge in [-0.2, -0.15) is 0 Å². The molecule has 1 fully saturated rings. The van der Waals surface area contributed by atoms with Gasteiger partial charge in [-0.15, -0.1) is 0 Å². The highest BCUT2D eigenvalue weighted by molar-refractivity contribution is 6.31. The van der Waals surface area contributed by atoms with Crippen molar-refractivity contribution in [1.29, 1.82) is 5.41 Å². The normalized spacial score (nSPS) is 18.2. The monoisotopic (exact) mass is 251 g/mol. The van der Waals surface area contributed by atoms with Gasteiger partial charge in [0.1, 0.15) is 0 Å². The van der Waals surface area contributed by atoms with Crippen LogP contribution in [0, 0.1) is 11.3 Å². The Morgan fingerprint density at radius 1 is 1.35 bits per heavy atom. The standard InChI is InChI=1S/C13H18ClN3/c14-12-4-2-1-3-11(12)9-17-7-5-10(6-8-17)13(15)16/h1-4,10H,5-9H2,(H3,15,16). The van der Waals surface area contributed by atoms with Crippen LogP contribution >= 0.6 is 11.6 Å². The van der Waals surface area contributed by atoms with Crippen LogP contribution in [0.15, 0.2) is 24.3 Å². The second kappa shape index (κ2) is 5.52. The molecule has 1 saturated heterocycles. The molecule has 1 aliphatic heterocycles. The molecule has 1 aromatic carbocycles. The van der Waals surface area contributed by atoms with Crippen molar-refractivity contribution in [1.82, 2.24) is 4.90 Å². The van der Waals surface area contributed by atoms with Gasteiger partial charge < -0.3 is 5.73 Å². The minimum Gasteiger partial charge on any atom is -0.387 e. The van der Waals surface area contributed by atoms with Gasteiger partial charge in [-0.05, 0) is 37.6 Å². The van der Waals surface area contributed by atoms with Crippen LogP contribution in [-0.2, 0) is 6.54 Å². The van der Waals surface area contributed by atoms with Crippen molar-refractivity contribution in [3.63, 3.8) is 0 Å². The number of hydrogen-bond donors (Lipinski definition) is 2. The Hall–Kier alpha value is -1.06. The molecule has 1 aliphatic rings. The predicted molar refractivity (Wildman–Crippen MR) is 71.4 cm³/mol. The average molecular weight is 252 g/mol. The minimum atomic E-state index is 0.275. The zero-order chi connectivity index (χ0) is 12.3. The first-order chi connectivity index (χ1) is 8.16. The molecule has 0 amide bonds. The van der Waals surface area contributed by atoms with Crippen molar-refractivity contribution >= 4 is 17.4 Å². The van der Waals surface area contributed by atoms with Crippen molar-refractivity contribution in [2.75, 3.05) is 13.1 Å². The number of benzene rings is 1. The van der Waals surface area contributed by atoms with Crippen LogP contribution in [0.5, 0.6) is 0 Å². The summed E-state index contributed by atoms with van der Waals surface area (Å²) in [5.41, 5.74) is 6.71. The quantitative estimate of drug-likeness (QED) is 0.641. The van der Waals surface area contributed by atoms with Crippen LogP contribution in [0.2, 0.25) is 5.02 Å². The van der Waals surface area contributed by atoms with Crippen LogP contribution < -0.4 is 5.73 Å². The van der Waals surface area contributed by atoms with Crippen molar-refractivity contribution in [3.05, 3.63) is 34.9 Å². The molecule has 0 aliphatic carbocycles. The van der Waals surface area contributed by atoms with Crippen molar-refractivity contribution in [2.45, 2.75) is 19.4 Å². The molecular weight excluding hydrogens is 234 g/mol. The van der Waals surface area contributed by atoms with E-state index in [9.17, 15) is 0 Å². The van der Waals surface area contributed by atoms with Gasteiger partial charge in [-0.25, -0.2) is 0 Å². The predicted octanol–water partition coefficient (Wildman–Crippen LogP) is 2.49. The van der Waals surface area contributed by atoms with Crippen molar-refractivity contribution in [3.8, 4) is 0 Å². The first-order valence-corrected chi connectivity index (χ1v) is 6.34. The van der Waals surface area contributed by atoms with Crippen LogP contribution in [-0.4, -0.2) is 23.8 Å². The average Bonchev–Trinajstić information content (AvgIpc) is 2.33. The summed E-state index contributed by atoms with van der Waals surface area (Å²) in [5, 5.41) is 8.28. The maximum atomic E-state index is 7.45. The maximum absolute atomic E-state index is 7.45. The highest BCUT2D eigenvalue weighted by atomic mass is 35.5. The van der Waals surface area contributed by atoms with E-state index in [1.807, 2.05) is 18.2 Å². The number of nitrogens with zero attached hydrogens (tertiary/aromatic N) is 1. The van der Waals surface area contributed by atoms with Gasteiger partial charge >= 0.3 is 0 Å². The molecule has 0 saturated carbocycles. The second-order valence-corrected chi connectivity index (χ2v) is 5.00. The highest BCUT2D eigenvalue weighted by Crippen LogP contribution is 2.21. The molecule has 0 radical (unpaired) electrons. The fourth-order valence-corrected chi connectivity index (χ4v) is 2.47. The maximum Gasteiger partial charge on any atom is 0.0937 e. The van der Waals surface area contributed by atoms with Crippen molar-refractivity contribution in [2.24, 2.45) is 11.7 Å². The summed E-state index contributed by atoms with van der Waals surface area (Å²) in [5.74, 6) is 0.611. The topological polar surface area (TPSA) is 53.1 Å². The number of halogens is 1. The number of rotatable bonds is 3. The third kappa shape index (κ3) is 3.20. The van der Waals surface area contributed by atoms with Gasteiger partial charge in [0.25, 0.3) is 0 Å². The van der Waals surface area contributed by atoms with Crippen LogP contribution in [0.25, 0.3) is 0 Å². The molecule has 4 heteroatoms. The summed E-state index contributed by atoms with van der Waals surface area (Å²) in [6.45, 7) is 2.88. The first-order valence-electron chi connectivity index (χ1n) is 5.96. The van der Waals surface area contributed by atoms with Gasteiger partial charge in [0, 0.05) is 17.5 Å². The van der Waals surface area contributed by atoms with E-state index >= 15 is 0 Å². The summed E-state index contributed by atoms with van der Waals surface area (Å²) < 4.78 is 0. The molecule has 1 heterocycles. The summed E-state index contributed by atoms with van der Waals surface area (Å²) in [7, 11) is 0. The number of nitrogens with two attached hydrogens (primary N) is 1. The fraction of sp³-hybridized carbons (Fsp3) is 0.462. The number of piperidine rings is 1. The van der Waals surface area contributed by atoms with Crippen LogP contribution in [0.1, 0.15) is 18.4 Å². The van der Waals surface area contributed by atoms with E-state index in [2.05, 4.69) is 11.0 Å². The molecule has 3 N–H and O–H groups in total. The Morgan fingerprint density at radius 2 is 2.00 bits per heavy atom. The number of likely N-dealkylation sites (tertiary alicyclic amines) is 1. The van der Waals surface area contributed by atoms with Gasteiger partial charge in [-0.3, -0.25) is 10.3 Å². The SMILES string of the molecule is N=C(N)C1CCN(Cc2ccccc2Cl)CC1. The molecule has 0 spiro atoms. The summed E-state index contributed by atoms with van der Waals surface area (Å²) >= 11 is 6.14. The lowest BCUT2D eigenvalue weighted by molar-refractivity contribution is 0.201. The Kier molecular flexibility index (Phi) is 4.02. The summed E-state index contributed by atoms with van der Waals surface area (Å²) in [6, 6.07) is 7.97. The Bertz CT molecular complexity index is 397. The van der Waals surface area contributed by atoms with Gasteiger partial charge in [-0.1, -0.05) is 29.8 Å². The molecule has 0 bridgehead atoms. The lowest BCUT2D eigenvalue weighted by Gasteiger charge is -2.31. The highest BCUT2D eigenvalue weighted by Gasteiger charge is 2.21. The Morgan fingerprint density at radius 3 is 2.59 bits per heavy atom. The zero-order valence-electron chi connectivity index (χ0n) is 9.82. The third-order valence-electron chi connectivity index (χ3n) is 3.38. The minimum absolute atomic E-state index is 0.275. The lowest BCUT2D eigenvalue weighted by atomic mass is 9.95. The number of hydrogen-bond acceptors (Lipinski definition) is 2. The van der Waals surface area contributed by atoms with E-state index in [-0.39, 0.29) is 5.92 Å². The van der Waals surface area contributed by atoms with E-state index in [1.54, 1.807) is 0 Å². The fourth-order valence-electron chi connectivity index (χ4n) is 2.27. The molecule has 0 atom stereocenters. The smallest absolute Gasteiger partial charge is 0.0937 e. The van der Waals surface area contributed by atoms with Crippen molar-refractivity contribution < 1.29 is 0 Å². The van der Waals surface area contributed by atoms with E-state index < -0.39 is 0 Å². The number of amidine groups is 1. The molecule has 92 valence electrons. The Labute approximate surface area is 107 Å². The second-order valence-electron chi connectivity index (χ2n) is 4.60. The van der Waals surface area contributed by atoms with E-state index in [0.717, 1.165) is 37.5 Å². The molecule has 0 aromatic heterocycles. The molecule has 17 heavy (non-hydrogen) atoms. The van der Waals surface area contributed by atoms with Gasteiger partial charge in [0.2, 0.25) is 0 Å². The molecule has 0 unspecified atom stereocenters. The third-order valence-corrected chi connectivity index (χ3v) is 3.75. The molecule has 1 aromatic rings. The molecule has 2 rings (SSSR count). The summed E-state index contributed by atoms with van der Waals surface area (Å²) in [6.07, 6.45) is 1.97. The first kappa shape index (κ1) is 12.4. The van der Waals surface area contributed by atoms with Crippen LogP contribution in [0.3, 0.4) is 0 Å². The largest absolute Gasteiger partial charge is 0.387 e. The van der Waals surface area contributed by atoms with E-state index in [0.29, 0.717) is 5.84 Å². The van der Waals surface area contributed by atoms with Gasteiger partial charge in [0.05, 0.1) is 5.84 Å². The summed E-state index contributed by atoms with van der Waals surface area (Å²) in [4.78, 5) is 2.38. The van der Waals surface area contributed by atoms with Gasteiger partial charge in [0.15, 0.2) is 0 Å². The molecular formula is C13H18ClN3. The van der Waals surface area contributed by atoms with Crippen LogP contribution in [0.4, 0.5) is 0 Å². The van der Waals surface area contributed by atoms with E-state index in [4.69, 9.17) is 22.7 Å². The van der Waals surface area contributed by atoms with E-state index in [1.165, 1.54) is 5.56 Å². The lowest BCUT2D eigenvalue weighted by Crippen LogP contribution is -2.37. The Balaban J connectivity index is 1.90.